The zero-order valence-corrected chi connectivity index (χ0v) is 14.1. The van der Waals surface area contributed by atoms with Crippen LogP contribution in [0.2, 0.25) is 0 Å². The van der Waals surface area contributed by atoms with E-state index in [0.29, 0.717) is 32.1 Å². The van der Waals surface area contributed by atoms with Gasteiger partial charge in [-0.05, 0) is 33.6 Å². The van der Waals surface area contributed by atoms with Crippen LogP contribution in [0.25, 0.3) is 0 Å². The Hall–Kier alpha value is -1.46. The number of ether oxygens (including phenoxy) is 1. The molecule has 1 saturated heterocycles. The SMILES string of the molecule is CC(C)C(C)NC(=O)N1CCN(C(=O)OC(C)(C)C)CC1. The highest BCUT2D eigenvalue weighted by molar-refractivity contribution is 5.75. The molecule has 0 spiro atoms. The molecule has 122 valence electrons. The zero-order chi connectivity index (χ0) is 16.2. The molecule has 1 rings (SSSR count). The Morgan fingerprint density at radius 2 is 1.48 bits per heavy atom. The van der Waals surface area contributed by atoms with Gasteiger partial charge in [-0.3, -0.25) is 0 Å². The first-order valence-electron chi connectivity index (χ1n) is 7.63. The van der Waals surface area contributed by atoms with E-state index in [1.165, 1.54) is 0 Å². The number of rotatable bonds is 2. The molecular weight excluding hydrogens is 270 g/mol. The Balaban J connectivity index is 2.41. The van der Waals surface area contributed by atoms with Gasteiger partial charge in [0.2, 0.25) is 0 Å². The molecule has 1 aliphatic heterocycles. The number of hydrogen-bond acceptors (Lipinski definition) is 3. The maximum absolute atomic E-state index is 12.1. The van der Waals surface area contributed by atoms with E-state index >= 15 is 0 Å². The van der Waals surface area contributed by atoms with Crippen molar-refractivity contribution >= 4 is 12.1 Å². The predicted molar refractivity (Wildman–Crippen MR) is 82.2 cm³/mol. The van der Waals surface area contributed by atoms with Crippen LogP contribution in [0.5, 0.6) is 0 Å². The molecule has 21 heavy (non-hydrogen) atoms. The predicted octanol–water partition coefficient (Wildman–Crippen LogP) is 2.29. The van der Waals surface area contributed by atoms with Crippen molar-refractivity contribution in [2.45, 2.75) is 53.2 Å². The maximum Gasteiger partial charge on any atom is 0.410 e. The number of piperazine rings is 1. The fourth-order valence-electron chi connectivity index (χ4n) is 1.87. The molecule has 0 aromatic rings. The molecule has 0 radical (unpaired) electrons. The van der Waals surface area contributed by atoms with Crippen molar-refractivity contribution in [3.05, 3.63) is 0 Å². The summed E-state index contributed by atoms with van der Waals surface area (Å²) in [6, 6.07) is 0.0847. The summed E-state index contributed by atoms with van der Waals surface area (Å²) in [5, 5.41) is 2.98. The minimum Gasteiger partial charge on any atom is -0.444 e. The van der Waals surface area contributed by atoms with E-state index in [1.807, 2.05) is 27.7 Å². The third kappa shape index (κ3) is 5.81. The van der Waals surface area contributed by atoms with Crippen LogP contribution < -0.4 is 5.32 Å². The third-order valence-electron chi connectivity index (χ3n) is 3.57. The maximum atomic E-state index is 12.1. The Morgan fingerprint density at radius 1 is 1.00 bits per heavy atom. The molecule has 1 heterocycles. The fourth-order valence-corrected chi connectivity index (χ4v) is 1.87. The molecule has 0 aliphatic carbocycles. The van der Waals surface area contributed by atoms with Gasteiger partial charge < -0.3 is 19.9 Å². The number of nitrogens with one attached hydrogen (secondary N) is 1. The van der Waals surface area contributed by atoms with Crippen molar-refractivity contribution in [3.8, 4) is 0 Å². The van der Waals surface area contributed by atoms with Crippen LogP contribution in [0, 0.1) is 5.92 Å². The number of amides is 3. The van der Waals surface area contributed by atoms with Crippen molar-refractivity contribution in [3.63, 3.8) is 0 Å². The minimum absolute atomic E-state index is 0.0555. The smallest absolute Gasteiger partial charge is 0.410 e. The van der Waals surface area contributed by atoms with Crippen molar-refractivity contribution in [2.24, 2.45) is 5.92 Å². The largest absolute Gasteiger partial charge is 0.444 e. The first kappa shape index (κ1) is 17.6. The molecule has 6 heteroatoms. The Morgan fingerprint density at radius 3 is 1.90 bits per heavy atom. The molecule has 1 unspecified atom stereocenters. The lowest BCUT2D eigenvalue weighted by Crippen LogP contribution is -2.55. The van der Waals surface area contributed by atoms with Crippen LogP contribution in [-0.2, 0) is 4.74 Å². The Labute approximate surface area is 127 Å². The topological polar surface area (TPSA) is 61.9 Å². The normalized spacial score (nSPS) is 17.7. The molecule has 1 aliphatic rings. The van der Waals surface area contributed by atoms with E-state index in [9.17, 15) is 9.59 Å². The van der Waals surface area contributed by atoms with Crippen molar-refractivity contribution in [2.75, 3.05) is 26.2 Å². The number of hydrogen-bond donors (Lipinski definition) is 1. The second-order valence-corrected chi connectivity index (χ2v) is 6.94. The Bertz CT molecular complexity index is 369. The summed E-state index contributed by atoms with van der Waals surface area (Å²) in [4.78, 5) is 27.4. The number of carbonyl (C=O) groups excluding carboxylic acids is 2. The minimum atomic E-state index is -0.488. The number of nitrogens with zero attached hydrogens (tertiary/aromatic N) is 2. The van der Waals surface area contributed by atoms with Gasteiger partial charge in [-0.2, -0.15) is 0 Å². The van der Waals surface area contributed by atoms with Gasteiger partial charge in [0.05, 0.1) is 0 Å². The summed E-state index contributed by atoms with van der Waals surface area (Å²) >= 11 is 0. The van der Waals surface area contributed by atoms with E-state index < -0.39 is 5.60 Å². The van der Waals surface area contributed by atoms with E-state index in [2.05, 4.69) is 19.2 Å². The summed E-state index contributed by atoms with van der Waals surface area (Å²) in [5.74, 6) is 0.400. The van der Waals surface area contributed by atoms with E-state index in [-0.39, 0.29) is 18.2 Å². The lowest BCUT2D eigenvalue weighted by molar-refractivity contribution is 0.0169. The average Bonchev–Trinajstić information content (AvgIpc) is 2.36. The number of carbonyl (C=O) groups is 2. The quantitative estimate of drug-likeness (QED) is 0.851. The molecule has 6 nitrogen and oxygen atoms in total. The van der Waals surface area contributed by atoms with Crippen LogP contribution in [0.1, 0.15) is 41.5 Å². The molecule has 0 saturated carbocycles. The second-order valence-electron chi connectivity index (χ2n) is 6.94. The first-order valence-corrected chi connectivity index (χ1v) is 7.63. The van der Waals surface area contributed by atoms with E-state index in [4.69, 9.17) is 4.74 Å². The van der Waals surface area contributed by atoms with Crippen molar-refractivity contribution in [1.82, 2.24) is 15.1 Å². The van der Waals surface area contributed by atoms with Gasteiger partial charge in [0.25, 0.3) is 0 Å². The van der Waals surface area contributed by atoms with E-state index in [0.717, 1.165) is 0 Å². The monoisotopic (exact) mass is 299 g/mol. The van der Waals surface area contributed by atoms with Crippen LogP contribution in [0.4, 0.5) is 9.59 Å². The van der Waals surface area contributed by atoms with Gasteiger partial charge in [-0.25, -0.2) is 9.59 Å². The third-order valence-corrected chi connectivity index (χ3v) is 3.57. The van der Waals surface area contributed by atoms with E-state index in [1.54, 1.807) is 9.80 Å². The van der Waals surface area contributed by atoms with Gasteiger partial charge in [-0.15, -0.1) is 0 Å². The van der Waals surface area contributed by atoms with Gasteiger partial charge in [0, 0.05) is 32.2 Å². The molecule has 3 amide bonds. The van der Waals surface area contributed by atoms with Gasteiger partial charge in [0.15, 0.2) is 0 Å². The highest BCUT2D eigenvalue weighted by Crippen LogP contribution is 2.12. The molecule has 0 aromatic heterocycles. The standard InChI is InChI=1S/C15H29N3O3/c1-11(2)12(3)16-13(19)17-7-9-18(10-8-17)14(20)21-15(4,5)6/h11-12H,7-10H2,1-6H3,(H,16,19). The summed E-state index contributed by atoms with van der Waals surface area (Å²) in [5.41, 5.74) is -0.488. The summed E-state index contributed by atoms with van der Waals surface area (Å²) in [6.07, 6.45) is -0.307. The lowest BCUT2D eigenvalue weighted by Gasteiger charge is -2.36. The number of urea groups is 1. The molecule has 1 atom stereocenters. The van der Waals surface area contributed by atoms with Gasteiger partial charge in [0.1, 0.15) is 5.60 Å². The summed E-state index contributed by atoms with van der Waals surface area (Å²) in [6.45, 7) is 13.8. The van der Waals surface area contributed by atoms with Crippen LogP contribution >= 0.6 is 0 Å². The van der Waals surface area contributed by atoms with Gasteiger partial charge >= 0.3 is 12.1 Å². The van der Waals surface area contributed by atoms with Crippen LogP contribution in [0.3, 0.4) is 0 Å². The summed E-state index contributed by atoms with van der Waals surface area (Å²) in [7, 11) is 0. The lowest BCUT2D eigenvalue weighted by atomic mass is 10.1. The molecule has 1 fully saturated rings. The molecular formula is C15H29N3O3. The van der Waals surface area contributed by atoms with Crippen LogP contribution in [-0.4, -0.2) is 59.7 Å². The molecule has 0 bridgehead atoms. The second kappa shape index (κ2) is 7.00. The van der Waals surface area contributed by atoms with Crippen LogP contribution in [0.15, 0.2) is 0 Å². The highest BCUT2D eigenvalue weighted by atomic mass is 16.6. The first-order chi connectivity index (χ1) is 9.60. The molecule has 1 N–H and O–H groups in total. The molecule has 0 aromatic carbocycles. The van der Waals surface area contributed by atoms with Crippen molar-refractivity contribution < 1.29 is 14.3 Å². The average molecular weight is 299 g/mol. The van der Waals surface area contributed by atoms with Gasteiger partial charge in [-0.1, -0.05) is 13.8 Å². The fraction of sp³-hybridized carbons (Fsp3) is 0.867. The van der Waals surface area contributed by atoms with Crippen molar-refractivity contribution in [1.29, 1.82) is 0 Å². The summed E-state index contributed by atoms with van der Waals surface area (Å²) < 4.78 is 5.34. The highest BCUT2D eigenvalue weighted by Gasteiger charge is 2.28. The zero-order valence-electron chi connectivity index (χ0n) is 14.1. The Kier molecular flexibility index (Phi) is 5.87.